The van der Waals surface area contributed by atoms with Crippen molar-refractivity contribution in [3.8, 4) is 0 Å². The molecule has 0 fully saturated rings. The van der Waals surface area contributed by atoms with Gasteiger partial charge >= 0.3 is 0 Å². The minimum Gasteiger partial charge on any atom is -0.371 e. The number of hydrogen-bond acceptors (Lipinski definition) is 8. The highest BCUT2D eigenvalue weighted by Gasteiger charge is 2.34. The van der Waals surface area contributed by atoms with Gasteiger partial charge in [-0.15, -0.1) is 0 Å². The lowest BCUT2D eigenvalue weighted by atomic mass is 9.72. The third kappa shape index (κ3) is 18.9. The molecule has 7 amide bonds. The van der Waals surface area contributed by atoms with Gasteiger partial charge in [0.2, 0.25) is 41.4 Å². The van der Waals surface area contributed by atoms with Gasteiger partial charge in [0.25, 0.3) is 0 Å². The largest absolute Gasteiger partial charge is 0.371 e. The van der Waals surface area contributed by atoms with Crippen molar-refractivity contribution in [3.05, 3.63) is 0 Å². The van der Waals surface area contributed by atoms with Crippen LogP contribution in [-0.2, 0) is 38.3 Å². The lowest BCUT2D eigenvalue weighted by Gasteiger charge is -2.37. The minimum absolute atomic E-state index is 0.174. The second kappa shape index (κ2) is 28.6. The smallest absolute Gasteiger partial charge is 0.249 e. The van der Waals surface area contributed by atoms with E-state index in [1.165, 1.54) is 0 Å². The van der Waals surface area contributed by atoms with Crippen molar-refractivity contribution < 1.29 is 38.3 Å². The highest BCUT2D eigenvalue weighted by molar-refractivity contribution is 5.95. The van der Waals surface area contributed by atoms with Crippen LogP contribution in [0, 0.1) is 17.3 Å². The van der Waals surface area contributed by atoms with E-state index in [1.54, 1.807) is 19.6 Å². The van der Waals surface area contributed by atoms with Gasteiger partial charge in [-0.05, 0) is 91.9 Å². The van der Waals surface area contributed by atoms with Crippen molar-refractivity contribution >= 4 is 41.4 Å². The number of hydrogen-bond donors (Lipinski definition) is 0. The summed E-state index contributed by atoms with van der Waals surface area (Å²) >= 11 is 0. The van der Waals surface area contributed by atoms with Gasteiger partial charge in [0.15, 0.2) is 0 Å². The summed E-state index contributed by atoms with van der Waals surface area (Å²) in [5.41, 5.74) is -0.174. The fraction of sp³-hybridized carbons (Fsp3) is 0.837. The number of carbonyl (C=O) groups excluding carboxylic acids is 7. The van der Waals surface area contributed by atoms with Crippen LogP contribution < -0.4 is 0 Å². The fourth-order valence-electron chi connectivity index (χ4n) is 7.77. The first-order valence-corrected chi connectivity index (χ1v) is 21.9. The molecule has 0 unspecified atom stereocenters. The topological polar surface area (TPSA) is 151 Å². The van der Waals surface area contributed by atoms with Crippen molar-refractivity contribution in [2.45, 2.75) is 116 Å². The summed E-state index contributed by atoms with van der Waals surface area (Å²) in [6.07, 6.45) is 3.65. The van der Waals surface area contributed by atoms with E-state index < -0.39 is 63.6 Å². The molecule has 0 saturated carbocycles. The quantitative estimate of drug-likeness (QED) is 0.106. The predicted octanol–water partition coefficient (Wildman–Crippen LogP) is 3.84. The van der Waals surface area contributed by atoms with Crippen LogP contribution in [0.3, 0.4) is 0 Å². The molecule has 0 rings (SSSR count). The third-order valence-electron chi connectivity index (χ3n) is 10.6. The monoisotopic (exact) mass is 824 g/mol. The van der Waals surface area contributed by atoms with Crippen molar-refractivity contribution in [1.29, 1.82) is 0 Å². The van der Waals surface area contributed by atoms with Crippen LogP contribution in [0.4, 0.5) is 0 Å². The molecule has 0 aromatic carbocycles. The molecule has 58 heavy (non-hydrogen) atoms. The Hall–Kier alpha value is -3.75. The average molecular weight is 824 g/mol. The number of likely N-dealkylation sites (N-methyl/N-ethyl adjacent to an activating group) is 4. The van der Waals surface area contributed by atoms with E-state index >= 15 is 0 Å². The van der Waals surface area contributed by atoms with E-state index in [-0.39, 0.29) is 29.0 Å². The van der Waals surface area contributed by atoms with E-state index in [0.29, 0.717) is 70.8 Å². The van der Waals surface area contributed by atoms with E-state index in [0.717, 1.165) is 40.4 Å². The normalized spacial score (nSPS) is 11.4. The molecule has 0 radical (unpaired) electrons. The van der Waals surface area contributed by atoms with E-state index in [9.17, 15) is 33.6 Å². The Morgan fingerprint density at radius 1 is 0.397 bits per heavy atom. The zero-order valence-corrected chi connectivity index (χ0v) is 38.7. The summed E-state index contributed by atoms with van der Waals surface area (Å²) in [6.45, 7) is 25.6. The first-order chi connectivity index (χ1) is 27.4. The Kier molecular flexibility index (Phi) is 26.8. The Morgan fingerprint density at radius 2 is 0.638 bits per heavy atom. The van der Waals surface area contributed by atoms with E-state index in [1.807, 2.05) is 55.4 Å². The van der Waals surface area contributed by atoms with E-state index in [2.05, 4.69) is 34.6 Å². The van der Waals surface area contributed by atoms with Crippen LogP contribution in [0.2, 0.25) is 0 Å². The molecule has 15 nitrogen and oxygen atoms in total. The van der Waals surface area contributed by atoms with Gasteiger partial charge in [-0.1, -0.05) is 41.0 Å². The van der Waals surface area contributed by atoms with Gasteiger partial charge < -0.3 is 39.0 Å². The van der Waals surface area contributed by atoms with Gasteiger partial charge in [-0.2, -0.15) is 0 Å². The number of carbonyl (C=O) groups is 7. The van der Waals surface area contributed by atoms with Gasteiger partial charge in [0, 0.05) is 52.4 Å². The summed E-state index contributed by atoms with van der Waals surface area (Å²) in [5.74, 6) is -2.70. The molecule has 0 spiro atoms. The summed E-state index contributed by atoms with van der Waals surface area (Å²) in [5, 5.41) is 0. The summed E-state index contributed by atoms with van der Waals surface area (Å²) in [4.78, 5) is 106. The number of amides is 7. The van der Waals surface area contributed by atoms with Gasteiger partial charge in [0.05, 0.1) is 6.61 Å². The lowest BCUT2D eigenvalue weighted by Crippen LogP contribution is -2.54. The van der Waals surface area contributed by atoms with Crippen molar-refractivity contribution in [2.24, 2.45) is 17.3 Å². The maximum atomic E-state index is 14.2. The highest BCUT2D eigenvalue weighted by Crippen LogP contribution is 2.38. The molecule has 0 N–H and O–H groups in total. The fourth-order valence-corrected chi connectivity index (χ4v) is 7.77. The highest BCUT2D eigenvalue weighted by atomic mass is 16.5. The van der Waals surface area contributed by atoms with Crippen molar-refractivity contribution in [1.82, 2.24) is 34.3 Å². The van der Waals surface area contributed by atoms with E-state index in [4.69, 9.17) is 4.74 Å². The van der Waals surface area contributed by atoms with Crippen LogP contribution in [0.1, 0.15) is 116 Å². The van der Waals surface area contributed by atoms with Crippen LogP contribution in [0.15, 0.2) is 0 Å². The van der Waals surface area contributed by atoms with Gasteiger partial charge in [-0.3, -0.25) is 33.6 Å². The van der Waals surface area contributed by atoms with Crippen molar-refractivity contribution in [2.75, 3.05) is 105 Å². The molecule has 0 aromatic heterocycles. The standard InChI is InChI=1S/C43H81N7O8/c1-14-23-43(24-34(10)11,25-35(12)13)33-58-32-42(57)50(30-40(55)48(26-36(51)44(15-2)16-3)27-37(52)45(17-4)18-5)31-41(56)49(28-38(53)46(19-6)20-7)29-39(54)47(21-8)22-9/h34-35H,14-33H2,1-13H3. The zero-order chi connectivity index (χ0) is 44.6. The summed E-state index contributed by atoms with van der Waals surface area (Å²) in [6, 6.07) is 0. The molecule has 0 saturated heterocycles. The number of nitrogens with zero attached hydrogens (tertiary/aromatic N) is 7. The lowest BCUT2D eigenvalue weighted by molar-refractivity contribution is -0.152. The molecular weight excluding hydrogens is 743 g/mol. The Morgan fingerprint density at radius 3 is 0.862 bits per heavy atom. The first-order valence-electron chi connectivity index (χ1n) is 21.9. The Bertz CT molecular complexity index is 1150. The van der Waals surface area contributed by atoms with Gasteiger partial charge in [-0.25, -0.2) is 0 Å². The molecule has 336 valence electrons. The Balaban J connectivity index is 7.03. The van der Waals surface area contributed by atoms with Crippen LogP contribution >= 0.6 is 0 Å². The zero-order valence-electron chi connectivity index (χ0n) is 38.7. The maximum absolute atomic E-state index is 14.2. The summed E-state index contributed by atoms with van der Waals surface area (Å²) in [7, 11) is 0. The molecule has 0 aliphatic rings. The van der Waals surface area contributed by atoms with Crippen LogP contribution in [-0.4, -0.2) is 180 Å². The molecule has 0 aliphatic heterocycles. The number of rotatable bonds is 30. The maximum Gasteiger partial charge on any atom is 0.249 e. The molecule has 0 heterocycles. The average Bonchev–Trinajstić information content (AvgIpc) is 3.15. The molecule has 0 bridgehead atoms. The summed E-state index contributed by atoms with van der Waals surface area (Å²) < 4.78 is 6.20. The molecule has 0 aliphatic carbocycles. The number of ether oxygens (including phenoxy) is 1. The van der Waals surface area contributed by atoms with Crippen LogP contribution in [0.25, 0.3) is 0 Å². The predicted molar refractivity (Wildman–Crippen MR) is 229 cm³/mol. The Labute approximate surface area is 351 Å². The second-order valence-corrected chi connectivity index (χ2v) is 16.0. The van der Waals surface area contributed by atoms with Gasteiger partial charge in [0.1, 0.15) is 45.9 Å². The first kappa shape index (κ1) is 54.2. The SMILES string of the molecule is CCCC(COCC(=O)N(CC(=O)N(CC(=O)N(CC)CC)CC(=O)N(CC)CC)CC(=O)N(CC(=O)N(CC)CC)CC(=O)N(CC)CC)(CC(C)C)CC(C)C. The minimum atomic E-state index is -0.702. The molecule has 0 aromatic rings. The molecule has 0 atom stereocenters. The third-order valence-corrected chi connectivity index (χ3v) is 10.6. The molecular formula is C43H81N7O8. The second-order valence-electron chi connectivity index (χ2n) is 16.0. The molecule has 15 heteroatoms. The van der Waals surface area contributed by atoms with Crippen LogP contribution in [0.5, 0.6) is 0 Å². The van der Waals surface area contributed by atoms with Crippen molar-refractivity contribution in [3.63, 3.8) is 0 Å².